The summed E-state index contributed by atoms with van der Waals surface area (Å²) < 4.78 is 0.962. The molecule has 6 nitrogen and oxygen atoms in total. The van der Waals surface area contributed by atoms with Crippen LogP contribution < -0.4 is 5.56 Å². The molecule has 0 aliphatic carbocycles. The minimum absolute atomic E-state index is 0.00908. The number of pyridine rings is 1. The normalized spacial score (nSPS) is 10.4. The zero-order chi connectivity index (χ0) is 13.9. The van der Waals surface area contributed by atoms with E-state index in [2.05, 4.69) is 0 Å². The Kier molecular flexibility index (Phi) is 4.25. The highest BCUT2D eigenvalue weighted by atomic mass is 16.4. The smallest absolute Gasteiger partial charge is 0.352 e. The lowest BCUT2D eigenvalue weighted by atomic mass is 10.3. The number of amides is 1. The summed E-state index contributed by atoms with van der Waals surface area (Å²) in [4.78, 5) is 35.9. The van der Waals surface area contributed by atoms with Gasteiger partial charge in [0.2, 0.25) is 5.91 Å². The second-order valence-electron chi connectivity index (χ2n) is 4.24. The van der Waals surface area contributed by atoms with E-state index in [1.807, 2.05) is 13.8 Å². The first kappa shape index (κ1) is 14.0. The third kappa shape index (κ3) is 2.97. The molecule has 18 heavy (non-hydrogen) atoms. The van der Waals surface area contributed by atoms with Crippen molar-refractivity contribution in [2.75, 3.05) is 7.05 Å². The number of rotatable bonds is 4. The molecule has 1 N–H and O–H groups in total. The first-order valence-electron chi connectivity index (χ1n) is 5.53. The molecule has 1 rings (SSSR count). The predicted molar refractivity (Wildman–Crippen MR) is 65.6 cm³/mol. The van der Waals surface area contributed by atoms with Crippen molar-refractivity contribution in [1.82, 2.24) is 9.47 Å². The minimum atomic E-state index is -1.23. The Morgan fingerprint density at radius 3 is 2.50 bits per heavy atom. The van der Waals surface area contributed by atoms with Gasteiger partial charge in [-0.05, 0) is 19.9 Å². The van der Waals surface area contributed by atoms with Crippen molar-refractivity contribution in [2.24, 2.45) is 0 Å². The summed E-state index contributed by atoms with van der Waals surface area (Å²) in [5.41, 5.74) is -0.687. The lowest BCUT2D eigenvalue weighted by Crippen LogP contribution is -2.39. The van der Waals surface area contributed by atoms with Crippen LogP contribution >= 0.6 is 0 Å². The summed E-state index contributed by atoms with van der Waals surface area (Å²) >= 11 is 0. The predicted octanol–water partition coefficient (Wildman–Crippen LogP) is 0.413. The van der Waals surface area contributed by atoms with Crippen molar-refractivity contribution in [3.63, 3.8) is 0 Å². The van der Waals surface area contributed by atoms with Gasteiger partial charge in [0.1, 0.15) is 12.2 Å². The Morgan fingerprint density at radius 2 is 2.00 bits per heavy atom. The van der Waals surface area contributed by atoms with Gasteiger partial charge in [0.05, 0.1) is 0 Å². The van der Waals surface area contributed by atoms with Crippen LogP contribution in [0.1, 0.15) is 24.3 Å². The molecule has 1 heterocycles. The summed E-state index contributed by atoms with van der Waals surface area (Å²) in [7, 11) is 1.61. The van der Waals surface area contributed by atoms with Crippen molar-refractivity contribution in [3.8, 4) is 0 Å². The van der Waals surface area contributed by atoms with Crippen LogP contribution in [0.5, 0.6) is 0 Å². The van der Waals surface area contributed by atoms with Crippen molar-refractivity contribution in [1.29, 1.82) is 0 Å². The number of hydrogen-bond donors (Lipinski definition) is 1. The molecule has 0 saturated heterocycles. The van der Waals surface area contributed by atoms with Gasteiger partial charge < -0.3 is 10.0 Å². The van der Waals surface area contributed by atoms with Crippen LogP contribution in [0.3, 0.4) is 0 Å². The average Bonchev–Trinajstić information content (AvgIpc) is 2.30. The Hall–Kier alpha value is -2.11. The van der Waals surface area contributed by atoms with Gasteiger partial charge in [-0.25, -0.2) is 4.79 Å². The number of aromatic carboxylic acids is 1. The highest BCUT2D eigenvalue weighted by Gasteiger charge is 2.17. The third-order valence-electron chi connectivity index (χ3n) is 2.73. The maximum Gasteiger partial charge on any atom is 0.352 e. The van der Waals surface area contributed by atoms with Gasteiger partial charge in [0, 0.05) is 19.2 Å². The third-order valence-corrected chi connectivity index (χ3v) is 2.73. The molecule has 0 fully saturated rings. The van der Waals surface area contributed by atoms with E-state index < -0.39 is 11.5 Å². The molecule has 0 bridgehead atoms. The fourth-order valence-electron chi connectivity index (χ4n) is 1.40. The van der Waals surface area contributed by atoms with Crippen LogP contribution in [-0.4, -0.2) is 39.5 Å². The molecule has 0 unspecified atom stereocenters. The number of carboxylic acids is 1. The van der Waals surface area contributed by atoms with Crippen molar-refractivity contribution in [2.45, 2.75) is 26.4 Å². The van der Waals surface area contributed by atoms with Gasteiger partial charge in [-0.3, -0.25) is 14.2 Å². The highest BCUT2D eigenvalue weighted by Crippen LogP contribution is 2.00. The number of carbonyl (C=O) groups excluding carboxylic acids is 1. The van der Waals surface area contributed by atoms with Crippen LogP contribution in [0.25, 0.3) is 0 Å². The SMILES string of the molecule is CC(C)N(C)C(=O)Cn1c(C(=O)O)cccc1=O. The molecule has 0 atom stereocenters. The van der Waals surface area contributed by atoms with E-state index in [4.69, 9.17) is 5.11 Å². The maximum atomic E-state index is 11.9. The largest absolute Gasteiger partial charge is 0.477 e. The Morgan fingerprint density at radius 1 is 1.39 bits per heavy atom. The number of carbonyl (C=O) groups is 2. The Bertz CT molecular complexity index is 519. The number of carboxylic acid groups (broad SMARTS) is 1. The number of aromatic nitrogens is 1. The first-order valence-corrected chi connectivity index (χ1v) is 5.53. The van der Waals surface area contributed by atoms with Gasteiger partial charge in [-0.15, -0.1) is 0 Å². The van der Waals surface area contributed by atoms with E-state index >= 15 is 0 Å². The standard InChI is InChI=1S/C12H16N2O4/c1-8(2)13(3)11(16)7-14-9(12(17)18)5-4-6-10(14)15/h4-6,8H,7H2,1-3H3,(H,17,18). The molecule has 0 aliphatic heterocycles. The first-order chi connectivity index (χ1) is 8.34. The number of hydrogen-bond acceptors (Lipinski definition) is 3. The van der Waals surface area contributed by atoms with Gasteiger partial charge in [0.15, 0.2) is 0 Å². The molecule has 1 aromatic rings. The fourth-order valence-corrected chi connectivity index (χ4v) is 1.40. The second kappa shape index (κ2) is 5.48. The zero-order valence-electron chi connectivity index (χ0n) is 10.6. The van der Waals surface area contributed by atoms with Crippen LogP contribution in [0, 0.1) is 0 Å². The van der Waals surface area contributed by atoms with Crippen LogP contribution in [0.2, 0.25) is 0 Å². The summed E-state index contributed by atoms with van der Waals surface area (Å²) in [6.07, 6.45) is 0. The topological polar surface area (TPSA) is 79.6 Å². The molecule has 0 aromatic carbocycles. The van der Waals surface area contributed by atoms with E-state index in [0.717, 1.165) is 4.57 Å². The molecular formula is C12H16N2O4. The number of nitrogens with zero attached hydrogens (tertiary/aromatic N) is 2. The van der Waals surface area contributed by atoms with Crippen LogP contribution in [0.4, 0.5) is 0 Å². The lowest BCUT2D eigenvalue weighted by molar-refractivity contribution is -0.132. The van der Waals surface area contributed by atoms with Crippen LogP contribution in [-0.2, 0) is 11.3 Å². The average molecular weight is 252 g/mol. The number of likely N-dealkylation sites (N-methyl/N-ethyl adjacent to an activating group) is 1. The molecule has 0 spiro atoms. The van der Waals surface area contributed by atoms with Crippen molar-refractivity contribution >= 4 is 11.9 Å². The van der Waals surface area contributed by atoms with Gasteiger partial charge in [-0.1, -0.05) is 6.07 Å². The summed E-state index contributed by atoms with van der Waals surface area (Å²) in [5.74, 6) is -1.53. The van der Waals surface area contributed by atoms with Gasteiger partial charge in [0.25, 0.3) is 5.56 Å². The molecule has 98 valence electrons. The fraction of sp³-hybridized carbons (Fsp3) is 0.417. The van der Waals surface area contributed by atoms with Gasteiger partial charge in [-0.2, -0.15) is 0 Å². The summed E-state index contributed by atoms with van der Waals surface area (Å²) in [6.45, 7) is 3.41. The van der Waals surface area contributed by atoms with Crippen molar-refractivity contribution in [3.05, 3.63) is 34.2 Å². The lowest BCUT2D eigenvalue weighted by Gasteiger charge is -2.22. The van der Waals surface area contributed by atoms with Crippen LogP contribution in [0.15, 0.2) is 23.0 Å². The Labute approximate surface area is 104 Å². The van der Waals surface area contributed by atoms with E-state index in [0.29, 0.717) is 0 Å². The summed E-state index contributed by atoms with van der Waals surface area (Å²) in [6, 6.07) is 3.88. The van der Waals surface area contributed by atoms with Crippen molar-refractivity contribution < 1.29 is 14.7 Å². The van der Waals surface area contributed by atoms with E-state index in [1.165, 1.54) is 23.1 Å². The highest BCUT2D eigenvalue weighted by molar-refractivity contribution is 5.86. The molecule has 1 amide bonds. The quantitative estimate of drug-likeness (QED) is 0.841. The monoisotopic (exact) mass is 252 g/mol. The molecule has 0 radical (unpaired) electrons. The second-order valence-corrected chi connectivity index (χ2v) is 4.24. The molecule has 1 aromatic heterocycles. The van der Waals surface area contributed by atoms with E-state index in [1.54, 1.807) is 7.05 Å². The minimum Gasteiger partial charge on any atom is -0.477 e. The van der Waals surface area contributed by atoms with Gasteiger partial charge >= 0.3 is 5.97 Å². The molecule has 0 saturated carbocycles. The maximum absolute atomic E-state index is 11.9. The van der Waals surface area contributed by atoms with E-state index in [9.17, 15) is 14.4 Å². The summed E-state index contributed by atoms with van der Waals surface area (Å²) in [5, 5.41) is 8.97. The molecule has 0 aliphatic rings. The Balaban J connectivity index is 3.08. The zero-order valence-corrected chi connectivity index (χ0v) is 10.6. The molecule has 6 heteroatoms. The molecular weight excluding hydrogens is 236 g/mol. The van der Waals surface area contributed by atoms with E-state index in [-0.39, 0.29) is 24.2 Å².